The minimum atomic E-state index is -0.766. The van der Waals surface area contributed by atoms with E-state index in [9.17, 15) is 9.50 Å². The van der Waals surface area contributed by atoms with Crippen molar-refractivity contribution in [1.82, 2.24) is 25.2 Å². The summed E-state index contributed by atoms with van der Waals surface area (Å²) in [6.07, 6.45) is 1.83. The molecule has 180 valence electrons. The number of aromatic nitrogens is 3. The first-order chi connectivity index (χ1) is 16.4. The fraction of sp³-hybridized carbons (Fsp3) is 0.458. The van der Waals surface area contributed by atoms with Gasteiger partial charge in [-0.15, -0.1) is 0 Å². The van der Waals surface area contributed by atoms with Gasteiger partial charge in [-0.25, -0.2) is 13.8 Å². The van der Waals surface area contributed by atoms with Gasteiger partial charge in [-0.2, -0.15) is 9.97 Å². The summed E-state index contributed by atoms with van der Waals surface area (Å²) in [4.78, 5) is 17.8. The van der Waals surface area contributed by atoms with Gasteiger partial charge in [0.25, 0.3) is 0 Å². The van der Waals surface area contributed by atoms with Crippen LogP contribution in [0.4, 0.5) is 14.6 Å². The molecule has 0 amide bonds. The number of rotatable bonds is 4. The summed E-state index contributed by atoms with van der Waals surface area (Å²) in [7, 11) is 2.04. The molecule has 3 aromatic rings. The maximum atomic E-state index is 15.3. The first-order valence-electron chi connectivity index (χ1n) is 11.6. The number of aromatic hydroxyl groups is 1. The van der Waals surface area contributed by atoms with Crippen molar-refractivity contribution >= 4 is 16.9 Å². The number of fused-ring (bicyclic) bond motifs is 1. The number of ether oxygens (including phenoxy) is 1. The van der Waals surface area contributed by atoms with Crippen molar-refractivity contribution in [1.29, 1.82) is 0 Å². The molecular formula is C24H28F2N6O2. The maximum absolute atomic E-state index is 15.3. The van der Waals surface area contributed by atoms with Crippen molar-refractivity contribution in [3.8, 4) is 23.0 Å². The molecule has 2 fully saturated rings. The smallest absolute Gasteiger partial charge is 0.320 e. The van der Waals surface area contributed by atoms with Gasteiger partial charge in [0, 0.05) is 32.2 Å². The summed E-state index contributed by atoms with van der Waals surface area (Å²) >= 11 is 0. The molecule has 0 bridgehead atoms. The minimum absolute atomic E-state index is 0.0694. The van der Waals surface area contributed by atoms with Crippen LogP contribution in [0.15, 0.2) is 24.3 Å². The summed E-state index contributed by atoms with van der Waals surface area (Å²) in [5, 5.41) is 14.0. The van der Waals surface area contributed by atoms with Crippen LogP contribution in [0.25, 0.3) is 22.3 Å². The number of pyridine rings is 1. The number of benzene rings is 1. The van der Waals surface area contributed by atoms with Gasteiger partial charge in [0.15, 0.2) is 11.5 Å². The number of halogens is 2. The number of hydrogen-bond acceptors (Lipinski definition) is 8. The van der Waals surface area contributed by atoms with E-state index in [1.807, 2.05) is 7.05 Å². The Morgan fingerprint density at radius 2 is 2.00 bits per heavy atom. The van der Waals surface area contributed by atoms with Crippen LogP contribution in [0.1, 0.15) is 19.8 Å². The van der Waals surface area contributed by atoms with E-state index >= 15 is 4.39 Å². The van der Waals surface area contributed by atoms with Gasteiger partial charge in [0.2, 0.25) is 0 Å². The molecule has 0 radical (unpaired) electrons. The van der Waals surface area contributed by atoms with Crippen molar-refractivity contribution in [2.24, 2.45) is 0 Å². The zero-order valence-electron chi connectivity index (χ0n) is 19.3. The number of phenolic OH excluding ortho intramolecular Hbond substituents is 1. The number of piperazine rings is 1. The minimum Gasteiger partial charge on any atom is -0.507 e. The highest BCUT2D eigenvalue weighted by molar-refractivity contribution is 5.90. The van der Waals surface area contributed by atoms with Crippen molar-refractivity contribution in [2.75, 3.05) is 44.7 Å². The van der Waals surface area contributed by atoms with E-state index < -0.39 is 17.4 Å². The number of phenols is 1. The van der Waals surface area contributed by atoms with E-state index in [4.69, 9.17) is 4.74 Å². The van der Waals surface area contributed by atoms with E-state index in [1.165, 1.54) is 18.2 Å². The lowest BCUT2D eigenvalue weighted by molar-refractivity contribution is 0.0959. The lowest BCUT2D eigenvalue weighted by atomic mass is 10.1. The molecule has 0 spiro atoms. The Balaban J connectivity index is 1.64. The molecule has 4 heterocycles. The molecule has 2 aliphatic rings. The average Bonchev–Trinajstić information content (AvgIpc) is 2.79. The molecular weight excluding hydrogens is 442 g/mol. The van der Waals surface area contributed by atoms with Gasteiger partial charge < -0.3 is 25.0 Å². The first kappa shape index (κ1) is 22.7. The normalized spacial score (nSPS) is 21.7. The summed E-state index contributed by atoms with van der Waals surface area (Å²) in [5.41, 5.74) is -0.410. The van der Waals surface area contributed by atoms with Gasteiger partial charge in [0.05, 0.1) is 10.9 Å². The number of nitrogens with zero attached hydrogens (tertiary/aromatic N) is 5. The van der Waals surface area contributed by atoms with Crippen LogP contribution in [0.2, 0.25) is 0 Å². The molecule has 2 aromatic heterocycles. The van der Waals surface area contributed by atoms with Crippen LogP contribution in [0.5, 0.6) is 11.8 Å². The third kappa shape index (κ3) is 4.35. The zero-order valence-corrected chi connectivity index (χ0v) is 19.3. The second-order valence-corrected chi connectivity index (χ2v) is 9.04. The Morgan fingerprint density at radius 3 is 2.76 bits per heavy atom. The van der Waals surface area contributed by atoms with Gasteiger partial charge in [0.1, 0.15) is 29.2 Å². The predicted octanol–water partition coefficient (Wildman–Crippen LogP) is 2.95. The van der Waals surface area contributed by atoms with E-state index in [-0.39, 0.29) is 35.1 Å². The van der Waals surface area contributed by atoms with Crippen molar-refractivity contribution in [2.45, 2.75) is 31.9 Å². The molecule has 0 saturated carbocycles. The second-order valence-electron chi connectivity index (χ2n) is 9.04. The Morgan fingerprint density at radius 1 is 1.15 bits per heavy atom. The number of hydrogen-bond donors (Lipinski definition) is 2. The highest BCUT2D eigenvalue weighted by Gasteiger charge is 2.27. The van der Waals surface area contributed by atoms with Crippen LogP contribution in [-0.4, -0.2) is 76.9 Å². The third-order valence-corrected chi connectivity index (χ3v) is 6.45. The van der Waals surface area contributed by atoms with E-state index in [2.05, 4.69) is 37.0 Å². The summed E-state index contributed by atoms with van der Waals surface area (Å²) < 4.78 is 35.9. The van der Waals surface area contributed by atoms with Crippen LogP contribution >= 0.6 is 0 Å². The number of likely N-dealkylation sites (N-methyl/N-ethyl adjacent to an activating group) is 1. The fourth-order valence-corrected chi connectivity index (χ4v) is 4.71. The highest BCUT2D eigenvalue weighted by Crippen LogP contribution is 2.36. The monoisotopic (exact) mass is 470 g/mol. The molecule has 2 saturated heterocycles. The van der Waals surface area contributed by atoms with E-state index in [0.29, 0.717) is 17.7 Å². The molecule has 5 rings (SSSR count). The zero-order chi connectivity index (χ0) is 23.8. The Bertz CT molecular complexity index is 1190. The number of nitrogens with one attached hydrogen (secondary N) is 1. The Kier molecular flexibility index (Phi) is 6.18. The third-order valence-electron chi connectivity index (χ3n) is 6.45. The SMILES string of the molecule is CC1CNCCN1c1nc(OC2CCCN(C)C2)nc2nc(-c3c(O)cccc3F)c(F)cc12. The average molecular weight is 471 g/mol. The van der Waals surface area contributed by atoms with Crippen molar-refractivity contribution in [3.05, 3.63) is 35.9 Å². The van der Waals surface area contributed by atoms with Gasteiger partial charge in [-0.3, -0.25) is 0 Å². The van der Waals surface area contributed by atoms with Gasteiger partial charge in [-0.1, -0.05) is 6.07 Å². The van der Waals surface area contributed by atoms with Gasteiger partial charge >= 0.3 is 6.01 Å². The Labute approximate surface area is 196 Å². The maximum Gasteiger partial charge on any atom is 0.320 e. The first-order valence-corrected chi connectivity index (χ1v) is 11.6. The number of piperidine rings is 1. The lowest BCUT2D eigenvalue weighted by Gasteiger charge is -2.35. The molecule has 8 nitrogen and oxygen atoms in total. The number of anilines is 1. The predicted molar refractivity (Wildman–Crippen MR) is 125 cm³/mol. The lowest BCUT2D eigenvalue weighted by Crippen LogP contribution is -2.50. The standard InChI is InChI=1S/C24H28F2N6O2/c1-14-12-27-8-10-32(14)23-16-11-18(26)21(20-17(25)6-3-7-19(20)33)28-22(16)29-24(30-23)34-15-5-4-9-31(2)13-15/h3,6-7,11,14-15,27,33H,4-5,8-10,12-13H2,1-2H3. The largest absolute Gasteiger partial charge is 0.507 e. The quantitative estimate of drug-likeness (QED) is 0.602. The molecule has 1 aromatic carbocycles. The highest BCUT2D eigenvalue weighted by atomic mass is 19.1. The van der Waals surface area contributed by atoms with Crippen molar-refractivity contribution in [3.63, 3.8) is 0 Å². The summed E-state index contributed by atoms with van der Waals surface area (Å²) in [5.74, 6) is -1.38. The van der Waals surface area contributed by atoms with Crippen LogP contribution < -0.4 is 15.0 Å². The molecule has 2 aliphatic heterocycles. The fourth-order valence-electron chi connectivity index (χ4n) is 4.71. The van der Waals surface area contributed by atoms with Crippen LogP contribution in [0, 0.1) is 11.6 Å². The molecule has 2 unspecified atom stereocenters. The second kappa shape index (κ2) is 9.27. The summed E-state index contributed by atoms with van der Waals surface area (Å²) in [6, 6.07) is 5.35. The molecule has 2 N–H and O–H groups in total. The van der Waals surface area contributed by atoms with Crippen LogP contribution in [-0.2, 0) is 0 Å². The Hall–Kier alpha value is -3.11. The topological polar surface area (TPSA) is 86.6 Å². The van der Waals surface area contributed by atoms with E-state index in [1.54, 1.807) is 0 Å². The van der Waals surface area contributed by atoms with E-state index in [0.717, 1.165) is 45.1 Å². The van der Waals surface area contributed by atoms with Gasteiger partial charge in [-0.05, 0) is 51.6 Å². The molecule has 0 aliphatic carbocycles. The molecule has 34 heavy (non-hydrogen) atoms. The molecule has 10 heteroatoms. The molecule has 2 atom stereocenters. The number of likely N-dealkylation sites (tertiary alicyclic amines) is 1. The van der Waals surface area contributed by atoms with Crippen LogP contribution in [0.3, 0.4) is 0 Å². The summed E-state index contributed by atoms with van der Waals surface area (Å²) in [6.45, 7) is 6.02. The van der Waals surface area contributed by atoms with Crippen molar-refractivity contribution < 1.29 is 18.6 Å².